The standard InChI is InChI=1S/C12H25NO/c1-10-6-5-7-13(8-10)9-11(14)12(2,3)4/h10-11,14H,5-9H2,1-4H3. The van der Waals surface area contributed by atoms with Crippen molar-refractivity contribution < 1.29 is 5.11 Å². The second kappa shape index (κ2) is 4.63. The van der Waals surface area contributed by atoms with E-state index in [0.717, 1.165) is 25.6 Å². The summed E-state index contributed by atoms with van der Waals surface area (Å²) in [5.74, 6) is 0.802. The van der Waals surface area contributed by atoms with Gasteiger partial charge in [0.1, 0.15) is 0 Å². The third kappa shape index (κ3) is 3.58. The minimum absolute atomic E-state index is 0.0146. The van der Waals surface area contributed by atoms with Crippen LogP contribution in [0.5, 0.6) is 0 Å². The van der Waals surface area contributed by atoms with Crippen LogP contribution in [0.4, 0.5) is 0 Å². The molecule has 2 heteroatoms. The Labute approximate surface area is 88.3 Å². The summed E-state index contributed by atoms with van der Waals surface area (Å²) in [6.07, 6.45) is 2.44. The van der Waals surface area contributed by atoms with Gasteiger partial charge in [-0.3, -0.25) is 0 Å². The van der Waals surface area contributed by atoms with Crippen LogP contribution < -0.4 is 0 Å². The first-order chi connectivity index (χ1) is 6.39. The Kier molecular flexibility index (Phi) is 3.96. The van der Waals surface area contributed by atoms with E-state index in [0.29, 0.717) is 0 Å². The molecule has 0 bridgehead atoms. The van der Waals surface area contributed by atoms with Gasteiger partial charge in [-0.1, -0.05) is 27.7 Å². The van der Waals surface area contributed by atoms with Crippen molar-refractivity contribution in [3.8, 4) is 0 Å². The van der Waals surface area contributed by atoms with Gasteiger partial charge in [0.25, 0.3) is 0 Å². The number of hydrogen-bond donors (Lipinski definition) is 1. The number of aliphatic hydroxyl groups excluding tert-OH is 1. The molecule has 1 heterocycles. The second-order valence-corrected chi connectivity index (χ2v) is 5.89. The minimum Gasteiger partial charge on any atom is -0.391 e. The molecule has 0 amide bonds. The van der Waals surface area contributed by atoms with Gasteiger partial charge in [-0.2, -0.15) is 0 Å². The van der Waals surface area contributed by atoms with Crippen LogP contribution in [0.3, 0.4) is 0 Å². The van der Waals surface area contributed by atoms with Crippen molar-refractivity contribution >= 4 is 0 Å². The van der Waals surface area contributed by atoms with Crippen LogP contribution in [0, 0.1) is 11.3 Å². The smallest absolute Gasteiger partial charge is 0.0715 e. The minimum atomic E-state index is -0.201. The molecule has 0 aromatic carbocycles. The third-order valence-corrected chi connectivity index (χ3v) is 3.17. The first-order valence-corrected chi connectivity index (χ1v) is 5.80. The summed E-state index contributed by atoms with van der Waals surface area (Å²) in [7, 11) is 0. The highest BCUT2D eigenvalue weighted by Gasteiger charge is 2.26. The lowest BCUT2D eigenvalue weighted by atomic mass is 9.88. The Bertz CT molecular complexity index is 174. The van der Waals surface area contributed by atoms with Crippen LogP contribution >= 0.6 is 0 Å². The molecule has 84 valence electrons. The predicted molar refractivity (Wildman–Crippen MR) is 60.3 cm³/mol. The Hall–Kier alpha value is -0.0800. The van der Waals surface area contributed by atoms with Gasteiger partial charge < -0.3 is 10.0 Å². The van der Waals surface area contributed by atoms with Gasteiger partial charge in [-0.25, -0.2) is 0 Å². The first-order valence-electron chi connectivity index (χ1n) is 5.80. The van der Waals surface area contributed by atoms with E-state index in [1.54, 1.807) is 0 Å². The molecule has 0 radical (unpaired) electrons. The van der Waals surface area contributed by atoms with Gasteiger partial charge in [0.05, 0.1) is 6.10 Å². The maximum Gasteiger partial charge on any atom is 0.0715 e. The van der Waals surface area contributed by atoms with Gasteiger partial charge in [-0.05, 0) is 30.7 Å². The molecule has 0 saturated carbocycles. The monoisotopic (exact) mass is 199 g/mol. The van der Waals surface area contributed by atoms with Crippen LogP contribution in [-0.4, -0.2) is 35.7 Å². The molecule has 2 atom stereocenters. The summed E-state index contributed by atoms with van der Waals surface area (Å²) in [5.41, 5.74) is 0.0146. The van der Waals surface area contributed by atoms with Crippen molar-refractivity contribution in [2.45, 2.75) is 46.6 Å². The fraction of sp³-hybridized carbons (Fsp3) is 1.00. The fourth-order valence-corrected chi connectivity index (χ4v) is 1.97. The number of rotatable bonds is 2. The summed E-state index contributed by atoms with van der Waals surface area (Å²) in [6, 6.07) is 0. The summed E-state index contributed by atoms with van der Waals surface area (Å²) >= 11 is 0. The molecule has 0 aliphatic carbocycles. The molecule has 1 aliphatic heterocycles. The van der Waals surface area contributed by atoms with Crippen LogP contribution in [0.2, 0.25) is 0 Å². The van der Waals surface area contributed by atoms with Gasteiger partial charge in [-0.15, -0.1) is 0 Å². The van der Waals surface area contributed by atoms with Crippen LogP contribution in [-0.2, 0) is 0 Å². The first kappa shape index (κ1) is 12.0. The molecule has 1 aliphatic rings. The van der Waals surface area contributed by atoms with Crippen LogP contribution in [0.15, 0.2) is 0 Å². The average Bonchev–Trinajstić information content (AvgIpc) is 2.02. The molecule has 1 saturated heterocycles. The summed E-state index contributed by atoms with van der Waals surface area (Å²) in [5, 5.41) is 9.98. The van der Waals surface area contributed by atoms with E-state index in [4.69, 9.17) is 0 Å². The average molecular weight is 199 g/mol. The van der Waals surface area contributed by atoms with Crippen molar-refractivity contribution in [2.75, 3.05) is 19.6 Å². The molecule has 1 rings (SSSR count). The summed E-state index contributed by atoms with van der Waals surface area (Å²) in [4.78, 5) is 2.41. The van der Waals surface area contributed by atoms with Crippen molar-refractivity contribution in [2.24, 2.45) is 11.3 Å². The number of nitrogens with zero attached hydrogens (tertiary/aromatic N) is 1. The topological polar surface area (TPSA) is 23.5 Å². The molecule has 1 fully saturated rings. The van der Waals surface area contributed by atoms with Crippen LogP contribution in [0.25, 0.3) is 0 Å². The number of aliphatic hydroxyl groups is 1. The Morgan fingerprint density at radius 3 is 2.57 bits per heavy atom. The van der Waals surface area contributed by atoms with E-state index in [9.17, 15) is 5.11 Å². The molecule has 1 N–H and O–H groups in total. The van der Waals surface area contributed by atoms with E-state index < -0.39 is 0 Å². The van der Waals surface area contributed by atoms with E-state index in [2.05, 4.69) is 32.6 Å². The molecule has 2 unspecified atom stereocenters. The zero-order valence-corrected chi connectivity index (χ0v) is 10.1. The number of piperidine rings is 1. The Morgan fingerprint density at radius 1 is 1.43 bits per heavy atom. The lowest BCUT2D eigenvalue weighted by Crippen LogP contribution is -2.43. The molecule has 0 aromatic heterocycles. The molecule has 0 aromatic rings. The summed E-state index contributed by atoms with van der Waals surface area (Å²) in [6.45, 7) is 11.8. The Balaban J connectivity index is 2.36. The SMILES string of the molecule is CC1CCCN(CC(O)C(C)(C)C)C1. The highest BCUT2D eigenvalue weighted by atomic mass is 16.3. The fourth-order valence-electron chi connectivity index (χ4n) is 1.97. The van der Waals surface area contributed by atoms with Gasteiger partial charge in [0.2, 0.25) is 0 Å². The maximum absolute atomic E-state index is 9.98. The molecule has 14 heavy (non-hydrogen) atoms. The van der Waals surface area contributed by atoms with Crippen molar-refractivity contribution in [1.29, 1.82) is 0 Å². The molecular weight excluding hydrogens is 174 g/mol. The zero-order chi connectivity index (χ0) is 10.8. The normalized spacial score (nSPS) is 27.6. The van der Waals surface area contributed by atoms with Crippen molar-refractivity contribution in [3.63, 3.8) is 0 Å². The highest BCUT2D eigenvalue weighted by molar-refractivity contribution is 4.79. The summed E-state index contributed by atoms with van der Waals surface area (Å²) < 4.78 is 0. The Morgan fingerprint density at radius 2 is 2.07 bits per heavy atom. The lowest BCUT2D eigenvalue weighted by molar-refractivity contribution is 0.0177. The number of β-amino-alcohol motifs (C(OH)–C–C–N with tert-alkyl or cyclic N) is 1. The van der Waals surface area contributed by atoms with Crippen molar-refractivity contribution in [3.05, 3.63) is 0 Å². The van der Waals surface area contributed by atoms with Gasteiger partial charge >= 0.3 is 0 Å². The third-order valence-electron chi connectivity index (χ3n) is 3.17. The number of likely N-dealkylation sites (tertiary alicyclic amines) is 1. The van der Waals surface area contributed by atoms with Gasteiger partial charge in [0, 0.05) is 13.1 Å². The lowest BCUT2D eigenvalue weighted by Gasteiger charge is -2.36. The van der Waals surface area contributed by atoms with E-state index in [-0.39, 0.29) is 11.5 Å². The zero-order valence-electron chi connectivity index (χ0n) is 10.1. The largest absolute Gasteiger partial charge is 0.391 e. The second-order valence-electron chi connectivity index (χ2n) is 5.89. The quantitative estimate of drug-likeness (QED) is 0.736. The number of hydrogen-bond acceptors (Lipinski definition) is 2. The highest BCUT2D eigenvalue weighted by Crippen LogP contribution is 2.22. The molecular formula is C12H25NO. The maximum atomic E-state index is 9.98. The van der Waals surface area contributed by atoms with E-state index in [1.807, 2.05) is 0 Å². The van der Waals surface area contributed by atoms with Crippen LogP contribution in [0.1, 0.15) is 40.5 Å². The molecule has 0 spiro atoms. The van der Waals surface area contributed by atoms with E-state index >= 15 is 0 Å². The van der Waals surface area contributed by atoms with E-state index in [1.165, 1.54) is 12.8 Å². The predicted octanol–water partition coefficient (Wildman–Crippen LogP) is 2.13. The van der Waals surface area contributed by atoms with Gasteiger partial charge in [0.15, 0.2) is 0 Å². The van der Waals surface area contributed by atoms with Crippen molar-refractivity contribution in [1.82, 2.24) is 4.90 Å². The molecule has 2 nitrogen and oxygen atoms in total.